The van der Waals surface area contributed by atoms with Crippen molar-refractivity contribution >= 4 is 39.5 Å². The molecule has 1 aromatic carbocycles. The first-order valence-electron chi connectivity index (χ1n) is 4.92. The predicted octanol–water partition coefficient (Wildman–Crippen LogP) is 4.07. The molecule has 0 radical (unpaired) electrons. The maximum absolute atomic E-state index is 6.16. The first-order chi connectivity index (χ1) is 8.15. The molecule has 3 nitrogen and oxygen atoms in total. The van der Waals surface area contributed by atoms with Gasteiger partial charge in [-0.3, -0.25) is 0 Å². The standard InChI is InChI=1S/C11H7Cl2N3S/c1-6-15-16-5-9(14-11(16)17-6)7-3-2-4-8(12)10(7)13/h2-5H,1H3. The van der Waals surface area contributed by atoms with Gasteiger partial charge >= 0.3 is 0 Å². The number of aromatic nitrogens is 3. The van der Waals surface area contributed by atoms with Crippen molar-refractivity contribution in [3.8, 4) is 11.3 Å². The summed E-state index contributed by atoms with van der Waals surface area (Å²) in [6.07, 6.45) is 1.86. The summed E-state index contributed by atoms with van der Waals surface area (Å²) in [6, 6.07) is 5.51. The summed E-state index contributed by atoms with van der Waals surface area (Å²) in [4.78, 5) is 5.34. The van der Waals surface area contributed by atoms with E-state index in [0.29, 0.717) is 10.0 Å². The summed E-state index contributed by atoms with van der Waals surface area (Å²) in [5.41, 5.74) is 1.62. The third-order valence-electron chi connectivity index (χ3n) is 2.37. The highest BCUT2D eigenvalue weighted by molar-refractivity contribution is 7.16. The quantitative estimate of drug-likeness (QED) is 0.674. The summed E-state index contributed by atoms with van der Waals surface area (Å²) in [5, 5.41) is 6.35. The van der Waals surface area contributed by atoms with Crippen molar-refractivity contribution in [1.82, 2.24) is 14.6 Å². The molecule has 3 aromatic rings. The lowest BCUT2D eigenvalue weighted by Crippen LogP contribution is -1.82. The minimum atomic E-state index is 0.525. The molecule has 0 aliphatic carbocycles. The summed E-state index contributed by atoms with van der Waals surface area (Å²) in [5.74, 6) is 0. The third-order valence-corrected chi connectivity index (χ3v) is 4.03. The van der Waals surface area contributed by atoms with Crippen LogP contribution in [-0.4, -0.2) is 14.6 Å². The molecule has 6 heteroatoms. The number of hydrogen-bond donors (Lipinski definition) is 0. The molecule has 0 saturated carbocycles. The molecule has 0 atom stereocenters. The number of rotatable bonds is 1. The van der Waals surface area contributed by atoms with E-state index in [-0.39, 0.29) is 0 Å². The maximum atomic E-state index is 6.16. The van der Waals surface area contributed by atoms with Gasteiger partial charge in [0.2, 0.25) is 4.96 Å². The van der Waals surface area contributed by atoms with Gasteiger partial charge in [0.1, 0.15) is 5.01 Å². The lowest BCUT2D eigenvalue weighted by atomic mass is 10.2. The first kappa shape index (κ1) is 11.0. The summed E-state index contributed by atoms with van der Waals surface area (Å²) >= 11 is 13.7. The van der Waals surface area contributed by atoms with Crippen LogP contribution in [0, 0.1) is 6.92 Å². The van der Waals surface area contributed by atoms with E-state index in [4.69, 9.17) is 23.2 Å². The van der Waals surface area contributed by atoms with E-state index in [0.717, 1.165) is 21.2 Å². The Morgan fingerprint density at radius 1 is 1.29 bits per heavy atom. The fourth-order valence-corrected chi connectivity index (χ4v) is 2.75. The van der Waals surface area contributed by atoms with Crippen LogP contribution in [0.5, 0.6) is 0 Å². The van der Waals surface area contributed by atoms with E-state index < -0.39 is 0 Å². The molecule has 2 aromatic heterocycles. The minimum Gasteiger partial charge on any atom is -0.217 e. The van der Waals surface area contributed by atoms with Gasteiger partial charge in [0, 0.05) is 5.56 Å². The van der Waals surface area contributed by atoms with Crippen LogP contribution in [0.4, 0.5) is 0 Å². The lowest BCUT2D eigenvalue weighted by Gasteiger charge is -2.01. The highest BCUT2D eigenvalue weighted by atomic mass is 35.5. The zero-order valence-electron chi connectivity index (χ0n) is 8.82. The Bertz CT molecular complexity index is 670. The van der Waals surface area contributed by atoms with Crippen LogP contribution in [0.3, 0.4) is 0 Å². The minimum absolute atomic E-state index is 0.525. The SMILES string of the molecule is Cc1nn2cc(-c3cccc(Cl)c3Cl)nc2s1. The number of nitrogens with zero attached hydrogens (tertiary/aromatic N) is 3. The molecule has 0 unspecified atom stereocenters. The van der Waals surface area contributed by atoms with E-state index in [2.05, 4.69) is 10.1 Å². The smallest absolute Gasteiger partial charge is 0.212 e. The topological polar surface area (TPSA) is 30.2 Å². The Morgan fingerprint density at radius 3 is 2.88 bits per heavy atom. The van der Waals surface area contributed by atoms with Crippen LogP contribution in [0.15, 0.2) is 24.4 Å². The maximum Gasteiger partial charge on any atom is 0.212 e. The van der Waals surface area contributed by atoms with Gasteiger partial charge in [-0.1, -0.05) is 46.7 Å². The van der Waals surface area contributed by atoms with Crippen LogP contribution in [-0.2, 0) is 0 Å². The zero-order valence-corrected chi connectivity index (χ0v) is 11.1. The molecule has 2 heterocycles. The van der Waals surface area contributed by atoms with Crippen LogP contribution in [0.25, 0.3) is 16.2 Å². The monoisotopic (exact) mass is 283 g/mol. The highest BCUT2D eigenvalue weighted by Gasteiger charge is 2.12. The molecule has 0 aliphatic heterocycles. The van der Waals surface area contributed by atoms with Crippen molar-refractivity contribution in [2.75, 3.05) is 0 Å². The lowest BCUT2D eigenvalue weighted by molar-refractivity contribution is 0.946. The second-order valence-electron chi connectivity index (χ2n) is 3.58. The number of fused-ring (bicyclic) bond motifs is 1. The Balaban J connectivity index is 2.20. The van der Waals surface area contributed by atoms with Gasteiger partial charge in [0.15, 0.2) is 0 Å². The molecule has 86 valence electrons. The number of hydrogen-bond acceptors (Lipinski definition) is 3. The molecule has 0 bridgehead atoms. The second kappa shape index (κ2) is 3.98. The number of benzene rings is 1. The first-order valence-corrected chi connectivity index (χ1v) is 6.49. The molecule has 0 amide bonds. The number of aryl methyl sites for hydroxylation is 1. The van der Waals surface area contributed by atoms with E-state index in [9.17, 15) is 0 Å². The van der Waals surface area contributed by atoms with Gasteiger partial charge in [-0.25, -0.2) is 9.50 Å². The Morgan fingerprint density at radius 2 is 2.12 bits per heavy atom. The zero-order chi connectivity index (χ0) is 12.0. The van der Waals surface area contributed by atoms with Crippen molar-refractivity contribution in [2.45, 2.75) is 6.92 Å². The van der Waals surface area contributed by atoms with Crippen molar-refractivity contribution in [2.24, 2.45) is 0 Å². The van der Waals surface area contributed by atoms with E-state index in [1.807, 2.05) is 25.3 Å². The summed E-state index contributed by atoms with van der Waals surface area (Å²) in [7, 11) is 0. The average Bonchev–Trinajstić information content (AvgIpc) is 2.79. The van der Waals surface area contributed by atoms with Crippen molar-refractivity contribution < 1.29 is 0 Å². The van der Waals surface area contributed by atoms with Crippen molar-refractivity contribution in [1.29, 1.82) is 0 Å². The molecule has 0 saturated heterocycles. The van der Waals surface area contributed by atoms with Crippen LogP contribution in [0.2, 0.25) is 10.0 Å². The summed E-state index contributed by atoms with van der Waals surface area (Å²) in [6.45, 7) is 1.95. The fourth-order valence-electron chi connectivity index (χ4n) is 1.63. The van der Waals surface area contributed by atoms with Crippen molar-refractivity contribution in [3.05, 3.63) is 39.4 Å². The van der Waals surface area contributed by atoms with E-state index in [1.54, 1.807) is 21.9 Å². The van der Waals surface area contributed by atoms with Crippen LogP contribution < -0.4 is 0 Å². The largest absolute Gasteiger partial charge is 0.217 e. The molecule has 0 fully saturated rings. The molecule has 3 rings (SSSR count). The van der Waals surface area contributed by atoms with Crippen LogP contribution >= 0.6 is 34.5 Å². The third kappa shape index (κ3) is 1.82. The normalized spacial score (nSPS) is 11.2. The van der Waals surface area contributed by atoms with Gasteiger partial charge in [0.05, 0.1) is 21.9 Å². The van der Waals surface area contributed by atoms with Crippen LogP contribution in [0.1, 0.15) is 5.01 Å². The molecule has 0 N–H and O–H groups in total. The van der Waals surface area contributed by atoms with Gasteiger partial charge in [-0.2, -0.15) is 5.10 Å². The van der Waals surface area contributed by atoms with E-state index >= 15 is 0 Å². The number of imidazole rings is 1. The van der Waals surface area contributed by atoms with Crippen molar-refractivity contribution in [3.63, 3.8) is 0 Å². The Kier molecular flexibility index (Phi) is 2.58. The molecular formula is C11H7Cl2N3S. The predicted molar refractivity (Wildman–Crippen MR) is 71.1 cm³/mol. The Labute approximate surface area is 112 Å². The average molecular weight is 284 g/mol. The highest BCUT2D eigenvalue weighted by Crippen LogP contribution is 2.33. The molecular weight excluding hydrogens is 277 g/mol. The Hall–Kier alpha value is -1.10. The molecule has 0 aliphatic rings. The fraction of sp³-hybridized carbons (Fsp3) is 0.0909. The van der Waals surface area contributed by atoms with Gasteiger partial charge in [-0.05, 0) is 13.0 Å². The molecule has 0 spiro atoms. The van der Waals surface area contributed by atoms with Gasteiger partial charge in [-0.15, -0.1) is 0 Å². The van der Waals surface area contributed by atoms with Gasteiger partial charge < -0.3 is 0 Å². The number of halogens is 2. The molecule has 17 heavy (non-hydrogen) atoms. The van der Waals surface area contributed by atoms with Gasteiger partial charge in [0.25, 0.3) is 0 Å². The second-order valence-corrected chi connectivity index (χ2v) is 5.52. The van der Waals surface area contributed by atoms with E-state index in [1.165, 1.54) is 0 Å². The summed E-state index contributed by atoms with van der Waals surface area (Å²) < 4.78 is 1.76.